The molecule has 7 heteroatoms. The molecule has 0 saturated heterocycles. The molecule has 2 aromatic heterocycles. The lowest BCUT2D eigenvalue weighted by Gasteiger charge is -2.02. The van der Waals surface area contributed by atoms with Crippen molar-refractivity contribution in [2.75, 3.05) is 20.1 Å². The topological polar surface area (TPSA) is 79.8 Å². The molecule has 1 amide bonds. The molecule has 0 aliphatic heterocycles. The van der Waals surface area contributed by atoms with E-state index in [0.29, 0.717) is 22.9 Å². The largest absolute Gasteiger partial charge is 0.351 e. The van der Waals surface area contributed by atoms with E-state index >= 15 is 0 Å². The zero-order chi connectivity index (χ0) is 13.5. The Labute approximate surface area is 115 Å². The van der Waals surface area contributed by atoms with E-state index in [2.05, 4.69) is 25.6 Å². The molecule has 19 heavy (non-hydrogen) atoms. The first-order valence-corrected chi connectivity index (χ1v) is 6.84. The average molecular weight is 277 g/mol. The van der Waals surface area contributed by atoms with Crippen molar-refractivity contribution in [1.82, 2.24) is 25.6 Å². The van der Waals surface area contributed by atoms with Crippen LogP contribution in [0.25, 0.3) is 10.7 Å². The maximum absolute atomic E-state index is 11.8. The number of aromatic nitrogens is 3. The molecule has 0 aliphatic rings. The summed E-state index contributed by atoms with van der Waals surface area (Å²) in [7, 11) is 1.88. The van der Waals surface area contributed by atoms with Gasteiger partial charge in [0, 0.05) is 24.3 Å². The number of hydrogen-bond donors (Lipinski definition) is 2. The molecule has 0 saturated carbocycles. The van der Waals surface area contributed by atoms with Gasteiger partial charge in [-0.1, -0.05) is 0 Å². The molecule has 0 radical (unpaired) electrons. The fraction of sp³-hybridized carbons (Fsp3) is 0.333. The monoisotopic (exact) mass is 277 g/mol. The van der Waals surface area contributed by atoms with Gasteiger partial charge in [-0.15, -0.1) is 11.3 Å². The summed E-state index contributed by atoms with van der Waals surface area (Å²) >= 11 is 1.39. The average Bonchev–Trinajstić information content (AvgIpc) is 2.94. The molecule has 100 valence electrons. The number of nitrogens with one attached hydrogen (secondary N) is 2. The van der Waals surface area contributed by atoms with Crippen LogP contribution in [0.5, 0.6) is 0 Å². The summed E-state index contributed by atoms with van der Waals surface area (Å²) in [6, 6.07) is 0. The van der Waals surface area contributed by atoms with Crippen molar-refractivity contribution in [3.63, 3.8) is 0 Å². The van der Waals surface area contributed by atoms with Crippen molar-refractivity contribution >= 4 is 17.2 Å². The van der Waals surface area contributed by atoms with Crippen molar-refractivity contribution in [3.8, 4) is 10.7 Å². The number of rotatable bonds is 6. The summed E-state index contributed by atoms with van der Waals surface area (Å²) < 4.78 is 0. The van der Waals surface area contributed by atoms with Gasteiger partial charge < -0.3 is 10.6 Å². The number of amides is 1. The van der Waals surface area contributed by atoms with Gasteiger partial charge in [-0.3, -0.25) is 14.8 Å². The first-order valence-electron chi connectivity index (χ1n) is 5.96. The number of carbonyl (C=O) groups is 1. The van der Waals surface area contributed by atoms with Crippen molar-refractivity contribution in [2.45, 2.75) is 6.42 Å². The summed E-state index contributed by atoms with van der Waals surface area (Å²) in [5, 5.41) is 8.29. The van der Waals surface area contributed by atoms with Crippen LogP contribution in [0.4, 0.5) is 0 Å². The third-order valence-electron chi connectivity index (χ3n) is 2.41. The van der Waals surface area contributed by atoms with E-state index in [0.717, 1.165) is 13.0 Å². The van der Waals surface area contributed by atoms with Gasteiger partial charge in [-0.2, -0.15) is 0 Å². The van der Waals surface area contributed by atoms with E-state index in [9.17, 15) is 4.79 Å². The molecule has 2 N–H and O–H groups in total. The van der Waals surface area contributed by atoms with Crippen LogP contribution in [-0.4, -0.2) is 41.0 Å². The summed E-state index contributed by atoms with van der Waals surface area (Å²) in [5.41, 5.74) is 1.11. The molecule has 0 spiro atoms. The van der Waals surface area contributed by atoms with Crippen molar-refractivity contribution in [3.05, 3.63) is 29.7 Å². The van der Waals surface area contributed by atoms with Gasteiger partial charge in [0.25, 0.3) is 5.91 Å². The Morgan fingerprint density at radius 1 is 1.37 bits per heavy atom. The standard InChI is InChI=1S/C12H15N5OS/c1-13-3-2-4-16-11(18)10-8-19-12(17-10)9-7-14-5-6-15-9/h5-8,13H,2-4H2,1H3,(H,16,18). The second-order valence-corrected chi connectivity index (χ2v) is 4.70. The minimum Gasteiger partial charge on any atom is -0.351 e. The summed E-state index contributed by atoms with van der Waals surface area (Å²) in [4.78, 5) is 24.2. The first kappa shape index (κ1) is 13.6. The Hall–Kier alpha value is -1.86. The fourth-order valence-electron chi connectivity index (χ4n) is 1.46. The van der Waals surface area contributed by atoms with Crippen molar-refractivity contribution in [2.24, 2.45) is 0 Å². The van der Waals surface area contributed by atoms with Crippen LogP contribution in [-0.2, 0) is 0 Å². The van der Waals surface area contributed by atoms with E-state index in [1.54, 1.807) is 24.0 Å². The van der Waals surface area contributed by atoms with Crippen molar-refractivity contribution < 1.29 is 4.79 Å². The predicted molar refractivity (Wildman–Crippen MR) is 74.0 cm³/mol. The van der Waals surface area contributed by atoms with Gasteiger partial charge >= 0.3 is 0 Å². The van der Waals surface area contributed by atoms with E-state index in [4.69, 9.17) is 0 Å². The number of carbonyl (C=O) groups excluding carboxylic acids is 1. The van der Waals surface area contributed by atoms with Gasteiger partial charge in [-0.25, -0.2) is 4.98 Å². The van der Waals surface area contributed by atoms with E-state index < -0.39 is 0 Å². The molecule has 0 atom stereocenters. The highest BCUT2D eigenvalue weighted by molar-refractivity contribution is 7.13. The highest BCUT2D eigenvalue weighted by atomic mass is 32.1. The van der Waals surface area contributed by atoms with Gasteiger partial charge in [0.15, 0.2) is 0 Å². The zero-order valence-corrected chi connectivity index (χ0v) is 11.4. The van der Waals surface area contributed by atoms with Crippen LogP contribution in [0.2, 0.25) is 0 Å². The van der Waals surface area contributed by atoms with E-state index in [1.165, 1.54) is 11.3 Å². The van der Waals surface area contributed by atoms with Crippen LogP contribution in [0.1, 0.15) is 16.9 Å². The van der Waals surface area contributed by atoms with Gasteiger partial charge in [0.2, 0.25) is 0 Å². The highest BCUT2D eigenvalue weighted by Gasteiger charge is 2.11. The number of thiazole rings is 1. The minimum atomic E-state index is -0.150. The predicted octanol–water partition coefficient (Wildman–Crippen LogP) is 0.939. The quantitative estimate of drug-likeness (QED) is 0.768. The molecular formula is C12H15N5OS. The lowest BCUT2D eigenvalue weighted by atomic mass is 10.4. The molecule has 0 bridgehead atoms. The molecule has 2 heterocycles. The normalized spacial score (nSPS) is 10.4. The van der Waals surface area contributed by atoms with Gasteiger partial charge in [-0.05, 0) is 20.0 Å². The second-order valence-electron chi connectivity index (χ2n) is 3.84. The van der Waals surface area contributed by atoms with Crippen LogP contribution in [0.15, 0.2) is 24.0 Å². The maximum Gasteiger partial charge on any atom is 0.270 e. The fourth-order valence-corrected chi connectivity index (χ4v) is 2.22. The summed E-state index contributed by atoms with van der Waals surface area (Å²) in [5.74, 6) is -0.150. The Kier molecular flexibility index (Phi) is 4.93. The van der Waals surface area contributed by atoms with Crippen LogP contribution in [0.3, 0.4) is 0 Å². The Balaban J connectivity index is 1.95. The minimum absolute atomic E-state index is 0.150. The third-order valence-corrected chi connectivity index (χ3v) is 3.27. The lowest BCUT2D eigenvalue weighted by molar-refractivity contribution is 0.0949. The van der Waals surface area contributed by atoms with Crippen molar-refractivity contribution in [1.29, 1.82) is 0 Å². The van der Waals surface area contributed by atoms with Gasteiger partial charge in [0.1, 0.15) is 16.4 Å². The zero-order valence-electron chi connectivity index (χ0n) is 10.6. The van der Waals surface area contributed by atoms with E-state index in [-0.39, 0.29) is 5.91 Å². The van der Waals surface area contributed by atoms with Gasteiger partial charge in [0.05, 0.1) is 6.20 Å². The molecule has 2 aromatic rings. The molecule has 0 aliphatic carbocycles. The second kappa shape index (κ2) is 6.91. The van der Waals surface area contributed by atoms with Crippen LogP contribution in [0, 0.1) is 0 Å². The third kappa shape index (κ3) is 3.80. The van der Waals surface area contributed by atoms with Crippen LogP contribution >= 0.6 is 11.3 Å². The number of hydrogen-bond acceptors (Lipinski definition) is 6. The summed E-state index contributed by atoms with van der Waals surface area (Å²) in [6.07, 6.45) is 5.73. The molecule has 0 aromatic carbocycles. The lowest BCUT2D eigenvalue weighted by Crippen LogP contribution is -2.26. The Bertz CT molecular complexity index is 528. The van der Waals surface area contributed by atoms with Crippen LogP contribution < -0.4 is 10.6 Å². The number of nitrogens with zero attached hydrogens (tertiary/aromatic N) is 3. The molecule has 0 unspecified atom stereocenters. The van der Waals surface area contributed by atoms with E-state index in [1.807, 2.05) is 7.05 Å². The molecule has 2 rings (SSSR count). The molecule has 0 fully saturated rings. The smallest absolute Gasteiger partial charge is 0.270 e. The molecule has 6 nitrogen and oxygen atoms in total. The SMILES string of the molecule is CNCCCNC(=O)c1csc(-c2cnccn2)n1. The molecular weight excluding hydrogens is 262 g/mol. The Morgan fingerprint density at radius 2 is 2.26 bits per heavy atom. The maximum atomic E-state index is 11.8. The highest BCUT2D eigenvalue weighted by Crippen LogP contribution is 2.20. The Morgan fingerprint density at radius 3 is 3.00 bits per heavy atom. The summed E-state index contributed by atoms with van der Waals surface area (Å²) in [6.45, 7) is 1.51. The first-order chi connectivity index (χ1) is 9.31.